The van der Waals surface area contributed by atoms with Crippen LogP contribution >= 0.6 is 0 Å². The van der Waals surface area contributed by atoms with Crippen molar-refractivity contribution < 1.29 is 14.3 Å². The average molecular weight is 417 g/mol. The van der Waals surface area contributed by atoms with E-state index in [4.69, 9.17) is 4.74 Å². The Kier molecular flexibility index (Phi) is 7.08. The molecule has 160 valence electrons. The Morgan fingerprint density at radius 3 is 2.19 bits per heavy atom. The molecule has 3 aromatic rings. The molecule has 0 fully saturated rings. The van der Waals surface area contributed by atoms with Gasteiger partial charge in [-0.25, -0.2) is 0 Å². The van der Waals surface area contributed by atoms with Crippen molar-refractivity contribution in [1.82, 2.24) is 0 Å². The van der Waals surface area contributed by atoms with Gasteiger partial charge in [0.15, 0.2) is 6.61 Å². The van der Waals surface area contributed by atoms with Gasteiger partial charge in [-0.2, -0.15) is 0 Å². The van der Waals surface area contributed by atoms with E-state index in [1.807, 2.05) is 54.6 Å². The SMILES string of the molecule is CCC(C)(C)c1ccc(OCC(=O)Nc2cccc(C(=O)Nc3ccccc3)c2)cc1. The number of carbonyl (C=O) groups is 2. The minimum absolute atomic E-state index is 0.105. The number of anilines is 2. The highest BCUT2D eigenvalue weighted by Crippen LogP contribution is 2.28. The lowest BCUT2D eigenvalue weighted by molar-refractivity contribution is -0.118. The Balaban J connectivity index is 1.55. The van der Waals surface area contributed by atoms with E-state index >= 15 is 0 Å². The van der Waals surface area contributed by atoms with Gasteiger partial charge < -0.3 is 15.4 Å². The third-order valence-corrected chi connectivity index (χ3v) is 5.33. The summed E-state index contributed by atoms with van der Waals surface area (Å²) in [6.45, 7) is 6.45. The Bertz CT molecular complexity index is 1030. The summed E-state index contributed by atoms with van der Waals surface area (Å²) in [5.74, 6) is 0.106. The molecule has 0 bridgehead atoms. The van der Waals surface area contributed by atoms with E-state index in [0.717, 1.165) is 6.42 Å². The Morgan fingerprint density at radius 1 is 0.839 bits per heavy atom. The normalized spacial score (nSPS) is 10.9. The second-order valence-electron chi connectivity index (χ2n) is 8.00. The average Bonchev–Trinajstić information content (AvgIpc) is 2.79. The van der Waals surface area contributed by atoms with Gasteiger partial charge in [0.1, 0.15) is 5.75 Å². The first kappa shape index (κ1) is 22.1. The maximum atomic E-state index is 12.4. The van der Waals surface area contributed by atoms with Crippen LogP contribution in [0.2, 0.25) is 0 Å². The molecule has 0 aliphatic rings. The van der Waals surface area contributed by atoms with Crippen LogP contribution in [-0.2, 0) is 10.2 Å². The maximum Gasteiger partial charge on any atom is 0.262 e. The van der Waals surface area contributed by atoms with Crippen LogP contribution in [0.25, 0.3) is 0 Å². The van der Waals surface area contributed by atoms with Gasteiger partial charge in [-0.3, -0.25) is 9.59 Å². The molecule has 3 aromatic carbocycles. The number of hydrogen-bond acceptors (Lipinski definition) is 3. The van der Waals surface area contributed by atoms with Crippen molar-refractivity contribution in [1.29, 1.82) is 0 Å². The lowest BCUT2D eigenvalue weighted by Crippen LogP contribution is -2.21. The number of carbonyl (C=O) groups excluding carboxylic acids is 2. The predicted molar refractivity (Wildman–Crippen MR) is 125 cm³/mol. The lowest BCUT2D eigenvalue weighted by Gasteiger charge is -2.23. The van der Waals surface area contributed by atoms with Crippen LogP contribution < -0.4 is 15.4 Å². The molecule has 5 nitrogen and oxygen atoms in total. The summed E-state index contributed by atoms with van der Waals surface area (Å²) >= 11 is 0. The largest absolute Gasteiger partial charge is 0.484 e. The standard InChI is InChI=1S/C26H28N2O3/c1-4-26(2,3)20-13-15-23(16-14-20)31-18-24(29)27-22-12-8-9-19(17-22)25(30)28-21-10-6-5-7-11-21/h5-17H,4,18H2,1-3H3,(H,27,29)(H,28,30). The number of para-hydroxylation sites is 1. The van der Waals surface area contributed by atoms with Crippen LogP contribution in [0.4, 0.5) is 11.4 Å². The van der Waals surface area contributed by atoms with Crippen LogP contribution in [-0.4, -0.2) is 18.4 Å². The molecule has 3 rings (SSSR count). The molecule has 0 spiro atoms. The third-order valence-electron chi connectivity index (χ3n) is 5.33. The molecule has 0 aromatic heterocycles. The second-order valence-corrected chi connectivity index (χ2v) is 8.00. The summed E-state index contributed by atoms with van der Waals surface area (Å²) in [5, 5.41) is 5.60. The summed E-state index contributed by atoms with van der Waals surface area (Å²) in [7, 11) is 0. The second kappa shape index (κ2) is 9.94. The van der Waals surface area contributed by atoms with Crippen molar-refractivity contribution in [3.63, 3.8) is 0 Å². The van der Waals surface area contributed by atoms with Crippen LogP contribution in [0.5, 0.6) is 5.75 Å². The van der Waals surface area contributed by atoms with Crippen molar-refractivity contribution in [2.75, 3.05) is 17.2 Å². The smallest absolute Gasteiger partial charge is 0.262 e. The van der Waals surface area contributed by atoms with Gasteiger partial charge in [-0.15, -0.1) is 0 Å². The van der Waals surface area contributed by atoms with E-state index in [9.17, 15) is 9.59 Å². The first-order valence-corrected chi connectivity index (χ1v) is 10.4. The highest BCUT2D eigenvalue weighted by atomic mass is 16.5. The van der Waals surface area contributed by atoms with Gasteiger partial charge >= 0.3 is 0 Å². The maximum absolute atomic E-state index is 12.4. The number of hydrogen-bond donors (Lipinski definition) is 2. The molecule has 0 saturated carbocycles. The Morgan fingerprint density at radius 2 is 1.52 bits per heavy atom. The fourth-order valence-electron chi connectivity index (χ4n) is 3.02. The molecule has 0 radical (unpaired) electrons. The van der Waals surface area contributed by atoms with E-state index in [0.29, 0.717) is 22.7 Å². The van der Waals surface area contributed by atoms with Crippen molar-refractivity contribution in [2.45, 2.75) is 32.6 Å². The number of rotatable bonds is 8. The van der Waals surface area contributed by atoms with E-state index < -0.39 is 0 Å². The molecule has 0 heterocycles. The summed E-state index contributed by atoms with van der Waals surface area (Å²) in [6.07, 6.45) is 1.04. The van der Waals surface area contributed by atoms with E-state index in [2.05, 4.69) is 31.4 Å². The Hall–Kier alpha value is -3.60. The van der Waals surface area contributed by atoms with E-state index in [-0.39, 0.29) is 23.8 Å². The zero-order chi connectivity index (χ0) is 22.3. The first-order valence-electron chi connectivity index (χ1n) is 10.4. The molecule has 0 saturated heterocycles. The summed E-state index contributed by atoms with van der Waals surface area (Å²) in [5.41, 5.74) is 3.04. The summed E-state index contributed by atoms with van der Waals surface area (Å²) in [6, 6.07) is 23.8. The minimum Gasteiger partial charge on any atom is -0.484 e. The third kappa shape index (κ3) is 6.19. The van der Waals surface area contributed by atoms with Gasteiger partial charge in [0.05, 0.1) is 0 Å². The quantitative estimate of drug-likeness (QED) is 0.499. The molecular weight excluding hydrogens is 388 g/mol. The number of nitrogens with one attached hydrogen (secondary N) is 2. The van der Waals surface area contributed by atoms with Crippen LogP contribution in [0, 0.1) is 0 Å². The molecule has 5 heteroatoms. The molecule has 2 N–H and O–H groups in total. The van der Waals surface area contributed by atoms with Crippen LogP contribution in [0.15, 0.2) is 78.9 Å². The van der Waals surface area contributed by atoms with Crippen molar-refractivity contribution in [2.24, 2.45) is 0 Å². The van der Waals surface area contributed by atoms with E-state index in [1.165, 1.54) is 5.56 Å². The number of benzene rings is 3. The van der Waals surface area contributed by atoms with Crippen molar-refractivity contribution in [3.8, 4) is 5.75 Å². The van der Waals surface area contributed by atoms with Crippen molar-refractivity contribution >= 4 is 23.2 Å². The Labute approximate surface area is 183 Å². The molecule has 0 aliphatic heterocycles. The highest BCUT2D eigenvalue weighted by Gasteiger charge is 2.17. The number of ether oxygens (including phenoxy) is 1. The topological polar surface area (TPSA) is 67.4 Å². The molecule has 0 aliphatic carbocycles. The molecule has 31 heavy (non-hydrogen) atoms. The van der Waals surface area contributed by atoms with Gasteiger partial charge in [0.2, 0.25) is 0 Å². The van der Waals surface area contributed by atoms with Gasteiger partial charge in [0.25, 0.3) is 11.8 Å². The monoisotopic (exact) mass is 416 g/mol. The fourth-order valence-corrected chi connectivity index (χ4v) is 3.02. The van der Waals surface area contributed by atoms with Gasteiger partial charge in [-0.1, -0.05) is 57.2 Å². The van der Waals surface area contributed by atoms with Crippen molar-refractivity contribution in [3.05, 3.63) is 90.0 Å². The molecular formula is C26H28N2O3. The van der Waals surface area contributed by atoms with Gasteiger partial charge in [-0.05, 0) is 59.9 Å². The van der Waals surface area contributed by atoms with Gasteiger partial charge in [0, 0.05) is 16.9 Å². The molecule has 2 amide bonds. The minimum atomic E-state index is -0.293. The lowest BCUT2D eigenvalue weighted by atomic mass is 9.82. The zero-order valence-corrected chi connectivity index (χ0v) is 18.1. The number of amides is 2. The fraction of sp³-hybridized carbons (Fsp3) is 0.231. The predicted octanol–water partition coefficient (Wildman–Crippen LogP) is 5.64. The summed E-state index contributed by atoms with van der Waals surface area (Å²) < 4.78 is 5.61. The van der Waals surface area contributed by atoms with Crippen LogP contribution in [0.3, 0.4) is 0 Å². The molecule has 0 unspecified atom stereocenters. The van der Waals surface area contributed by atoms with Crippen LogP contribution in [0.1, 0.15) is 43.1 Å². The summed E-state index contributed by atoms with van der Waals surface area (Å²) in [4.78, 5) is 24.7. The highest BCUT2D eigenvalue weighted by molar-refractivity contribution is 6.05. The zero-order valence-electron chi connectivity index (χ0n) is 18.1. The molecule has 0 atom stereocenters. The first-order chi connectivity index (χ1) is 14.9. The van der Waals surface area contributed by atoms with E-state index in [1.54, 1.807) is 24.3 Å².